The van der Waals surface area contributed by atoms with Gasteiger partial charge in [0.15, 0.2) is 0 Å². The molecule has 1 saturated heterocycles. The second kappa shape index (κ2) is 10.6. The van der Waals surface area contributed by atoms with Crippen molar-refractivity contribution in [3.63, 3.8) is 0 Å². The van der Waals surface area contributed by atoms with Gasteiger partial charge in [0.1, 0.15) is 6.04 Å². The van der Waals surface area contributed by atoms with Crippen molar-refractivity contribution in [3.8, 4) is 0 Å². The van der Waals surface area contributed by atoms with Crippen LogP contribution in [0.15, 0.2) is 71.6 Å². The molecule has 1 fully saturated rings. The Morgan fingerprint density at radius 2 is 1.74 bits per heavy atom. The van der Waals surface area contributed by atoms with Gasteiger partial charge >= 0.3 is 0 Å². The molecule has 2 N–H and O–H groups in total. The van der Waals surface area contributed by atoms with E-state index in [9.17, 15) is 18.0 Å². The zero-order valence-electron chi connectivity index (χ0n) is 20.0. The lowest BCUT2D eigenvalue weighted by molar-refractivity contribution is -0.125. The van der Waals surface area contributed by atoms with Crippen molar-refractivity contribution in [1.29, 1.82) is 0 Å². The maximum Gasteiger partial charge on any atom is 0.246 e. The molecule has 0 aliphatic carbocycles. The SMILES string of the molecule is C[C@@H]1CCCN(S(=O)(=O)c2ccc(NC(=O)[C@@H](C)NC(=O)Cc3cccc4ccccc34)cc2)C1. The summed E-state index contributed by atoms with van der Waals surface area (Å²) in [6, 6.07) is 19.1. The molecule has 0 bridgehead atoms. The molecule has 2 atom stereocenters. The first-order valence-electron chi connectivity index (χ1n) is 11.9. The van der Waals surface area contributed by atoms with Crippen molar-refractivity contribution in [2.24, 2.45) is 5.92 Å². The standard InChI is InChI=1S/C27H31N3O4S/c1-19-7-6-16-30(18-19)35(33,34)24-14-12-23(13-15-24)29-27(32)20(2)28-26(31)17-22-10-5-9-21-8-3-4-11-25(21)22/h3-5,8-15,19-20H,6-7,16-18H2,1-2H3,(H,28,31)(H,29,32)/t19-,20-/m1/s1. The quantitative estimate of drug-likeness (QED) is 0.521. The molecule has 8 heteroatoms. The van der Waals surface area contributed by atoms with Crippen molar-refractivity contribution >= 4 is 38.3 Å². The maximum atomic E-state index is 12.9. The molecule has 0 radical (unpaired) electrons. The van der Waals surface area contributed by atoms with Crippen LogP contribution in [-0.2, 0) is 26.0 Å². The smallest absolute Gasteiger partial charge is 0.246 e. The predicted molar refractivity (Wildman–Crippen MR) is 137 cm³/mol. The molecule has 0 spiro atoms. The third-order valence-electron chi connectivity index (χ3n) is 6.38. The van der Waals surface area contributed by atoms with Gasteiger partial charge in [-0.25, -0.2) is 8.42 Å². The first-order chi connectivity index (χ1) is 16.7. The third-order valence-corrected chi connectivity index (χ3v) is 8.26. The molecule has 1 aliphatic heterocycles. The molecule has 3 aromatic carbocycles. The highest BCUT2D eigenvalue weighted by Gasteiger charge is 2.28. The van der Waals surface area contributed by atoms with Crippen LogP contribution in [0.3, 0.4) is 0 Å². The first-order valence-corrected chi connectivity index (χ1v) is 13.3. The monoisotopic (exact) mass is 493 g/mol. The van der Waals surface area contributed by atoms with Crippen LogP contribution >= 0.6 is 0 Å². The van der Waals surface area contributed by atoms with Gasteiger partial charge in [-0.1, -0.05) is 49.4 Å². The fourth-order valence-corrected chi connectivity index (χ4v) is 6.05. The molecule has 0 unspecified atom stereocenters. The van der Waals surface area contributed by atoms with E-state index in [4.69, 9.17) is 0 Å². The van der Waals surface area contributed by atoms with E-state index in [1.54, 1.807) is 19.1 Å². The Morgan fingerprint density at radius 3 is 2.49 bits per heavy atom. The van der Waals surface area contributed by atoms with Gasteiger partial charge in [-0.15, -0.1) is 0 Å². The summed E-state index contributed by atoms with van der Waals surface area (Å²) in [4.78, 5) is 25.4. The maximum absolute atomic E-state index is 12.9. The van der Waals surface area contributed by atoms with Crippen LogP contribution in [0.5, 0.6) is 0 Å². The molecular formula is C27H31N3O4S. The number of carbonyl (C=O) groups is 2. The zero-order valence-corrected chi connectivity index (χ0v) is 20.8. The van der Waals surface area contributed by atoms with Crippen LogP contribution < -0.4 is 10.6 Å². The number of carbonyl (C=O) groups excluding carboxylic acids is 2. The molecule has 0 aromatic heterocycles. The second-order valence-corrected chi connectivity index (χ2v) is 11.2. The van der Waals surface area contributed by atoms with Crippen molar-refractivity contribution in [3.05, 3.63) is 72.3 Å². The fourth-order valence-electron chi connectivity index (χ4n) is 4.45. The number of piperidine rings is 1. The van der Waals surface area contributed by atoms with Gasteiger partial charge in [0, 0.05) is 18.8 Å². The van der Waals surface area contributed by atoms with Crippen molar-refractivity contribution in [2.45, 2.75) is 44.0 Å². The molecule has 1 heterocycles. The molecule has 4 rings (SSSR count). The number of amides is 2. The lowest BCUT2D eigenvalue weighted by Crippen LogP contribution is -2.42. The Kier molecular flexibility index (Phi) is 7.52. The summed E-state index contributed by atoms with van der Waals surface area (Å²) < 4.78 is 27.4. The summed E-state index contributed by atoms with van der Waals surface area (Å²) in [6.07, 6.45) is 2.06. The number of sulfonamides is 1. The molecular weight excluding hydrogens is 462 g/mol. The van der Waals surface area contributed by atoms with Gasteiger partial charge in [0.2, 0.25) is 21.8 Å². The summed E-state index contributed by atoms with van der Waals surface area (Å²) in [5, 5.41) is 7.56. The highest BCUT2D eigenvalue weighted by Crippen LogP contribution is 2.24. The predicted octanol–water partition coefficient (Wildman–Crippen LogP) is 3.95. The number of nitrogens with one attached hydrogen (secondary N) is 2. The van der Waals surface area contributed by atoms with Gasteiger partial charge in [-0.2, -0.15) is 4.31 Å². The van der Waals surface area contributed by atoms with E-state index in [1.165, 1.54) is 16.4 Å². The third kappa shape index (κ3) is 5.89. The molecule has 7 nitrogen and oxygen atoms in total. The molecule has 0 saturated carbocycles. The number of rotatable bonds is 7. The number of hydrogen-bond donors (Lipinski definition) is 2. The van der Waals surface area contributed by atoms with Crippen LogP contribution in [-0.4, -0.2) is 43.7 Å². The van der Waals surface area contributed by atoms with E-state index >= 15 is 0 Å². The molecule has 2 amide bonds. The van der Waals surface area contributed by atoms with Crippen LogP contribution in [0.1, 0.15) is 32.3 Å². The second-order valence-electron chi connectivity index (χ2n) is 9.23. The summed E-state index contributed by atoms with van der Waals surface area (Å²) in [5.41, 5.74) is 1.37. The van der Waals surface area contributed by atoms with Crippen LogP contribution in [0.2, 0.25) is 0 Å². The van der Waals surface area contributed by atoms with Gasteiger partial charge in [0.05, 0.1) is 11.3 Å². The fraction of sp³-hybridized carbons (Fsp3) is 0.333. The number of nitrogens with zero attached hydrogens (tertiary/aromatic N) is 1. The van der Waals surface area contributed by atoms with Crippen LogP contribution in [0.25, 0.3) is 10.8 Å². The lowest BCUT2D eigenvalue weighted by Gasteiger charge is -2.30. The average molecular weight is 494 g/mol. The minimum atomic E-state index is -3.55. The number of hydrogen-bond acceptors (Lipinski definition) is 4. The van der Waals surface area contributed by atoms with Gasteiger partial charge < -0.3 is 10.6 Å². The van der Waals surface area contributed by atoms with E-state index in [1.807, 2.05) is 42.5 Å². The first kappa shape index (κ1) is 24.9. The summed E-state index contributed by atoms with van der Waals surface area (Å²) in [7, 11) is -3.55. The minimum absolute atomic E-state index is 0.167. The van der Waals surface area contributed by atoms with E-state index in [0.717, 1.165) is 29.2 Å². The Bertz CT molecular complexity index is 1320. The Balaban J connectivity index is 1.34. The van der Waals surface area contributed by atoms with E-state index in [-0.39, 0.29) is 23.1 Å². The van der Waals surface area contributed by atoms with Crippen LogP contribution in [0, 0.1) is 5.92 Å². The normalized spacial score (nSPS) is 17.6. The number of anilines is 1. The summed E-state index contributed by atoms with van der Waals surface area (Å²) >= 11 is 0. The van der Waals surface area contributed by atoms with Crippen molar-refractivity contribution in [1.82, 2.24) is 9.62 Å². The average Bonchev–Trinajstić information content (AvgIpc) is 2.84. The van der Waals surface area contributed by atoms with Crippen molar-refractivity contribution < 1.29 is 18.0 Å². The highest BCUT2D eigenvalue weighted by molar-refractivity contribution is 7.89. The van der Waals surface area contributed by atoms with Gasteiger partial charge in [0.25, 0.3) is 0 Å². The van der Waals surface area contributed by atoms with E-state index in [0.29, 0.717) is 24.7 Å². The van der Waals surface area contributed by atoms with Gasteiger partial charge in [-0.05, 0) is 66.3 Å². The van der Waals surface area contributed by atoms with E-state index < -0.39 is 16.1 Å². The van der Waals surface area contributed by atoms with Crippen LogP contribution in [0.4, 0.5) is 5.69 Å². The molecule has 35 heavy (non-hydrogen) atoms. The van der Waals surface area contributed by atoms with E-state index in [2.05, 4.69) is 17.6 Å². The molecule has 1 aliphatic rings. The number of benzene rings is 3. The highest BCUT2D eigenvalue weighted by atomic mass is 32.2. The summed E-state index contributed by atoms with van der Waals surface area (Å²) in [5.74, 6) is -0.285. The zero-order chi connectivity index (χ0) is 25.0. The Hall–Kier alpha value is -3.23. The topological polar surface area (TPSA) is 95.6 Å². The van der Waals surface area contributed by atoms with Gasteiger partial charge in [-0.3, -0.25) is 9.59 Å². The van der Waals surface area contributed by atoms with Crippen molar-refractivity contribution in [2.75, 3.05) is 18.4 Å². The Morgan fingerprint density at radius 1 is 1.03 bits per heavy atom. The molecule has 3 aromatic rings. The minimum Gasteiger partial charge on any atom is -0.344 e. The number of fused-ring (bicyclic) bond motifs is 1. The molecule has 184 valence electrons. The summed E-state index contributed by atoms with van der Waals surface area (Å²) in [6.45, 7) is 4.73. The largest absolute Gasteiger partial charge is 0.344 e. The lowest BCUT2D eigenvalue weighted by atomic mass is 10.0. The Labute approximate surface area is 206 Å².